The van der Waals surface area contributed by atoms with E-state index in [-0.39, 0.29) is 11.2 Å². The molecule has 0 atom stereocenters. The molecule has 1 aromatic rings. The molecule has 0 amide bonds. The smallest absolute Gasteiger partial charge is 0.123 e. The Morgan fingerprint density at radius 1 is 1.39 bits per heavy atom. The van der Waals surface area contributed by atoms with E-state index in [0.29, 0.717) is 0 Å². The second-order valence-corrected chi connectivity index (χ2v) is 5.91. The fourth-order valence-electron chi connectivity index (χ4n) is 2.68. The molecule has 18 heavy (non-hydrogen) atoms. The first kappa shape index (κ1) is 14.0. The molecule has 2 rings (SSSR count). The molecule has 0 aromatic heterocycles. The largest absolute Gasteiger partial charge is 0.381 e. The van der Waals surface area contributed by atoms with Gasteiger partial charge in [-0.1, -0.05) is 15.9 Å². The molecule has 1 fully saturated rings. The highest BCUT2D eigenvalue weighted by Gasteiger charge is 2.32. The Morgan fingerprint density at radius 3 is 2.78 bits per heavy atom. The van der Waals surface area contributed by atoms with Crippen LogP contribution in [-0.2, 0) is 11.2 Å². The number of hydrogen-bond donors (Lipinski definition) is 1. The van der Waals surface area contributed by atoms with Gasteiger partial charge in [-0.3, -0.25) is 0 Å². The Hall–Kier alpha value is -0.450. The summed E-state index contributed by atoms with van der Waals surface area (Å²) >= 11 is 3.51. The molecule has 1 aliphatic rings. The van der Waals surface area contributed by atoms with Gasteiger partial charge >= 0.3 is 0 Å². The van der Waals surface area contributed by atoms with Gasteiger partial charge in [-0.25, -0.2) is 4.39 Å². The maximum Gasteiger partial charge on any atom is 0.123 e. The van der Waals surface area contributed by atoms with Crippen molar-refractivity contribution in [1.82, 2.24) is 5.32 Å². The monoisotopic (exact) mass is 315 g/mol. The van der Waals surface area contributed by atoms with Crippen LogP contribution in [0.2, 0.25) is 0 Å². The fraction of sp³-hybridized carbons (Fsp3) is 0.571. The zero-order valence-electron chi connectivity index (χ0n) is 10.6. The van der Waals surface area contributed by atoms with E-state index >= 15 is 0 Å². The number of nitrogens with one attached hydrogen (secondary N) is 1. The van der Waals surface area contributed by atoms with E-state index in [4.69, 9.17) is 4.74 Å². The highest BCUT2D eigenvalue weighted by molar-refractivity contribution is 9.10. The lowest BCUT2D eigenvalue weighted by molar-refractivity contribution is 0.0157. The predicted molar refractivity (Wildman–Crippen MR) is 74.2 cm³/mol. The van der Waals surface area contributed by atoms with Crippen LogP contribution < -0.4 is 5.32 Å². The molecule has 1 aliphatic heterocycles. The van der Waals surface area contributed by atoms with Crippen molar-refractivity contribution in [2.24, 2.45) is 5.41 Å². The van der Waals surface area contributed by atoms with E-state index in [1.165, 1.54) is 6.07 Å². The quantitative estimate of drug-likeness (QED) is 0.921. The summed E-state index contributed by atoms with van der Waals surface area (Å²) in [4.78, 5) is 0. The maximum absolute atomic E-state index is 13.4. The van der Waals surface area contributed by atoms with Crippen molar-refractivity contribution in [3.63, 3.8) is 0 Å². The van der Waals surface area contributed by atoms with Crippen molar-refractivity contribution in [3.8, 4) is 0 Å². The summed E-state index contributed by atoms with van der Waals surface area (Å²) in [5.74, 6) is -0.167. The lowest BCUT2D eigenvalue weighted by atomic mass is 9.75. The Labute approximate surface area is 116 Å². The van der Waals surface area contributed by atoms with E-state index in [9.17, 15) is 4.39 Å². The number of hydrogen-bond acceptors (Lipinski definition) is 2. The minimum atomic E-state index is -0.167. The SMILES string of the molecule is CNCC1(Cc2cc(F)ccc2Br)CCOCC1. The van der Waals surface area contributed by atoms with E-state index in [2.05, 4.69) is 21.2 Å². The second kappa shape index (κ2) is 6.13. The van der Waals surface area contributed by atoms with Gasteiger partial charge in [0.25, 0.3) is 0 Å². The van der Waals surface area contributed by atoms with Gasteiger partial charge in [0.15, 0.2) is 0 Å². The second-order valence-electron chi connectivity index (χ2n) is 5.06. The van der Waals surface area contributed by atoms with Gasteiger partial charge in [0, 0.05) is 24.2 Å². The van der Waals surface area contributed by atoms with Gasteiger partial charge < -0.3 is 10.1 Å². The summed E-state index contributed by atoms with van der Waals surface area (Å²) in [7, 11) is 1.97. The molecule has 1 saturated heterocycles. The molecule has 100 valence electrons. The molecule has 0 radical (unpaired) electrons. The predicted octanol–water partition coefficient (Wildman–Crippen LogP) is 3.15. The molecule has 1 heterocycles. The van der Waals surface area contributed by atoms with Gasteiger partial charge in [0.05, 0.1) is 0 Å². The Bertz CT molecular complexity index is 399. The van der Waals surface area contributed by atoms with Crippen LogP contribution in [0.15, 0.2) is 22.7 Å². The minimum absolute atomic E-state index is 0.167. The molecule has 2 nitrogen and oxygen atoms in total. The summed E-state index contributed by atoms with van der Waals surface area (Å²) < 4.78 is 19.8. The molecule has 1 aromatic carbocycles. The average molecular weight is 316 g/mol. The number of halogens is 2. The van der Waals surface area contributed by atoms with E-state index < -0.39 is 0 Å². The fourth-order valence-corrected chi connectivity index (χ4v) is 3.07. The van der Waals surface area contributed by atoms with Crippen LogP contribution in [0.4, 0.5) is 4.39 Å². The summed E-state index contributed by atoms with van der Waals surface area (Å²) in [5, 5.41) is 3.27. The lowest BCUT2D eigenvalue weighted by Crippen LogP contribution is -2.39. The van der Waals surface area contributed by atoms with Crippen LogP contribution in [0.5, 0.6) is 0 Å². The first-order valence-corrected chi connectivity index (χ1v) is 7.11. The van der Waals surface area contributed by atoms with Crippen molar-refractivity contribution in [2.45, 2.75) is 19.3 Å². The highest BCUT2D eigenvalue weighted by Crippen LogP contribution is 2.35. The van der Waals surface area contributed by atoms with Gasteiger partial charge in [0.2, 0.25) is 0 Å². The standard InChI is InChI=1S/C14H19BrFNO/c1-17-10-14(4-6-18-7-5-14)9-11-8-12(16)2-3-13(11)15/h2-3,8,17H,4-7,9-10H2,1H3. The third-order valence-corrected chi connectivity index (χ3v) is 4.45. The third kappa shape index (κ3) is 3.31. The molecule has 0 spiro atoms. The van der Waals surface area contributed by atoms with E-state index in [1.807, 2.05) is 7.05 Å². The average Bonchev–Trinajstić information content (AvgIpc) is 2.35. The van der Waals surface area contributed by atoms with Crippen molar-refractivity contribution < 1.29 is 9.13 Å². The van der Waals surface area contributed by atoms with Crippen LogP contribution in [0.3, 0.4) is 0 Å². The molecule has 0 aliphatic carbocycles. The Morgan fingerprint density at radius 2 is 2.11 bits per heavy atom. The molecule has 0 saturated carbocycles. The van der Waals surface area contributed by atoms with Gasteiger partial charge in [-0.05, 0) is 55.5 Å². The summed E-state index contributed by atoms with van der Waals surface area (Å²) in [6, 6.07) is 4.91. The van der Waals surface area contributed by atoms with Gasteiger partial charge in [-0.2, -0.15) is 0 Å². The van der Waals surface area contributed by atoms with Crippen LogP contribution in [0.25, 0.3) is 0 Å². The topological polar surface area (TPSA) is 21.3 Å². The summed E-state index contributed by atoms with van der Waals surface area (Å²) in [6.07, 6.45) is 2.93. The molecular weight excluding hydrogens is 297 g/mol. The molecule has 1 N–H and O–H groups in total. The highest BCUT2D eigenvalue weighted by atomic mass is 79.9. The van der Waals surface area contributed by atoms with Crippen molar-refractivity contribution in [3.05, 3.63) is 34.1 Å². The van der Waals surface area contributed by atoms with Crippen LogP contribution >= 0.6 is 15.9 Å². The third-order valence-electron chi connectivity index (χ3n) is 3.68. The molecule has 0 unspecified atom stereocenters. The molecular formula is C14H19BrFNO. The summed E-state index contributed by atoms with van der Waals surface area (Å²) in [6.45, 7) is 2.54. The van der Waals surface area contributed by atoms with Crippen molar-refractivity contribution in [1.29, 1.82) is 0 Å². The van der Waals surface area contributed by atoms with Crippen molar-refractivity contribution >= 4 is 15.9 Å². The number of ether oxygens (including phenoxy) is 1. The van der Waals surface area contributed by atoms with Gasteiger partial charge in [-0.15, -0.1) is 0 Å². The first-order chi connectivity index (χ1) is 8.65. The van der Waals surface area contributed by atoms with Crippen LogP contribution in [-0.4, -0.2) is 26.8 Å². The van der Waals surface area contributed by atoms with Crippen LogP contribution in [0.1, 0.15) is 18.4 Å². The zero-order valence-corrected chi connectivity index (χ0v) is 12.2. The normalized spacial score (nSPS) is 18.8. The maximum atomic E-state index is 13.4. The molecule has 4 heteroatoms. The Balaban J connectivity index is 2.19. The van der Waals surface area contributed by atoms with E-state index in [0.717, 1.165) is 49.1 Å². The van der Waals surface area contributed by atoms with Crippen molar-refractivity contribution in [2.75, 3.05) is 26.8 Å². The van der Waals surface area contributed by atoms with Gasteiger partial charge in [0.1, 0.15) is 5.82 Å². The lowest BCUT2D eigenvalue weighted by Gasteiger charge is -2.37. The number of benzene rings is 1. The zero-order chi connectivity index (χ0) is 13.0. The minimum Gasteiger partial charge on any atom is -0.381 e. The Kier molecular flexibility index (Phi) is 4.76. The number of rotatable bonds is 4. The molecule has 0 bridgehead atoms. The van der Waals surface area contributed by atoms with E-state index in [1.54, 1.807) is 12.1 Å². The first-order valence-electron chi connectivity index (χ1n) is 6.31. The van der Waals surface area contributed by atoms with Crippen LogP contribution in [0, 0.1) is 11.2 Å². The summed E-state index contributed by atoms with van der Waals surface area (Å²) in [5.41, 5.74) is 1.23.